The minimum atomic E-state index is -0.0644. The van der Waals surface area contributed by atoms with Crippen LogP contribution in [0.1, 0.15) is 12.5 Å². The highest BCUT2D eigenvalue weighted by atomic mass is 32.1. The molecular formula is C21H18N2O2S. The topological polar surface area (TPSA) is 51.2 Å². The molecular weight excluding hydrogens is 344 g/mol. The number of amides is 1. The Morgan fingerprint density at radius 2 is 1.96 bits per heavy atom. The van der Waals surface area contributed by atoms with Crippen molar-refractivity contribution in [1.29, 1.82) is 0 Å². The summed E-state index contributed by atoms with van der Waals surface area (Å²) in [5.74, 6) is 0.753. The Balaban J connectivity index is 1.53. The summed E-state index contributed by atoms with van der Waals surface area (Å²) in [6.07, 6.45) is 0.321. The molecule has 0 atom stereocenters. The summed E-state index contributed by atoms with van der Waals surface area (Å²) in [5.41, 5.74) is 1.87. The van der Waals surface area contributed by atoms with Crippen molar-refractivity contribution in [3.8, 4) is 5.75 Å². The molecule has 0 saturated heterocycles. The average Bonchev–Trinajstić information content (AvgIpc) is 3.03. The van der Waals surface area contributed by atoms with Crippen LogP contribution in [-0.4, -0.2) is 17.5 Å². The van der Waals surface area contributed by atoms with Crippen molar-refractivity contribution in [2.75, 3.05) is 11.9 Å². The van der Waals surface area contributed by atoms with Gasteiger partial charge in [-0.15, -0.1) is 0 Å². The molecule has 0 unspecified atom stereocenters. The number of thiazole rings is 1. The van der Waals surface area contributed by atoms with Gasteiger partial charge in [0.2, 0.25) is 5.91 Å². The summed E-state index contributed by atoms with van der Waals surface area (Å²) in [7, 11) is 0. The Morgan fingerprint density at radius 3 is 2.85 bits per heavy atom. The van der Waals surface area contributed by atoms with Crippen LogP contribution in [0.4, 0.5) is 5.13 Å². The molecule has 0 radical (unpaired) electrons. The maximum absolute atomic E-state index is 12.5. The third kappa shape index (κ3) is 3.39. The first-order chi connectivity index (χ1) is 12.7. The number of fused-ring (bicyclic) bond motifs is 2. The zero-order valence-corrected chi connectivity index (χ0v) is 15.2. The van der Waals surface area contributed by atoms with Crippen molar-refractivity contribution in [3.63, 3.8) is 0 Å². The fraction of sp³-hybridized carbons (Fsp3) is 0.143. The Labute approximate surface area is 155 Å². The van der Waals surface area contributed by atoms with Crippen LogP contribution in [0.2, 0.25) is 0 Å². The van der Waals surface area contributed by atoms with E-state index in [0.717, 1.165) is 32.3 Å². The molecule has 1 N–H and O–H groups in total. The average molecular weight is 362 g/mol. The molecule has 0 aliphatic rings. The third-order valence-corrected chi connectivity index (χ3v) is 5.08. The van der Waals surface area contributed by atoms with Gasteiger partial charge in [0.15, 0.2) is 5.13 Å². The van der Waals surface area contributed by atoms with Crippen molar-refractivity contribution in [2.45, 2.75) is 13.3 Å². The summed E-state index contributed by atoms with van der Waals surface area (Å²) < 4.78 is 6.51. The van der Waals surface area contributed by atoms with Gasteiger partial charge in [-0.2, -0.15) is 0 Å². The number of nitrogens with zero attached hydrogens (tertiary/aromatic N) is 1. The van der Waals surface area contributed by atoms with E-state index in [2.05, 4.69) is 22.4 Å². The maximum atomic E-state index is 12.5. The van der Waals surface area contributed by atoms with Gasteiger partial charge in [0.1, 0.15) is 5.75 Å². The van der Waals surface area contributed by atoms with Gasteiger partial charge in [-0.3, -0.25) is 4.79 Å². The molecule has 4 rings (SSSR count). The van der Waals surface area contributed by atoms with E-state index in [4.69, 9.17) is 4.74 Å². The van der Waals surface area contributed by atoms with Crippen LogP contribution >= 0.6 is 11.3 Å². The zero-order valence-electron chi connectivity index (χ0n) is 14.4. The molecule has 1 heterocycles. The minimum absolute atomic E-state index is 0.0644. The van der Waals surface area contributed by atoms with Gasteiger partial charge in [-0.1, -0.05) is 53.8 Å². The lowest BCUT2D eigenvalue weighted by molar-refractivity contribution is -0.115. The lowest BCUT2D eigenvalue weighted by Crippen LogP contribution is -2.14. The number of ether oxygens (including phenoxy) is 1. The van der Waals surface area contributed by atoms with Crippen LogP contribution in [0.5, 0.6) is 5.75 Å². The van der Waals surface area contributed by atoms with Gasteiger partial charge in [0, 0.05) is 0 Å². The zero-order chi connectivity index (χ0) is 17.9. The fourth-order valence-corrected chi connectivity index (χ4v) is 3.91. The quantitative estimate of drug-likeness (QED) is 0.542. The number of carbonyl (C=O) groups is 1. The van der Waals surface area contributed by atoms with Crippen LogP contribution in [0.15, 0.2) is 60.7 Å². The van der Waals surface area contributed by atoms with E-state index in [9.17, 15) is 4.79 Å². The summed E-state index contributed by atoms with van der Waals surface area (Å²) in [5, 5.41) is 5.78. The van der Waals surface area contributed by atoms with Crippen molar-refractivity contribution in [3.05, 3.63) is 66.2 Å². The Kier molecular flexibility index (Phi) is 4.54. The molecule has 0 fully saturated rings. The molecule has 3 aromatic carbocycles. The third-order valence-electron chi connectivity index (χ3n) is 4.15. The number of aromatic nitrogens is 1. The molecule has 5 heteroatoms. The largest absolute Gasteiger partial charge is 0.494 e. The first-order valence-corrected chi connectivity index (χ1v) is 9.34. The molecule has 130 valence electrons. The van der Waals surface area contributed by atoms with Gasteiger partial charge >= 0.3 is 0 Å². The first-order valence-electron chi connectivity index (χ1n) is 8.53. The summed E-state index contributed by atoms with van der Waals surface area (Å²) >= 11 is 1.46. The van der Waals surface area contributed by atoms with Crippen LogP contribution < -0.4 is 10.1 Å². The van der Waals surface area contributed by atoms with Crippen molar-refractivity contribution in [1.82, 2.24) is 4.98 Å². The number of carbonyl (C=O) groups excluding carboxylic acids is 1. The first kappa shape index (κ1) is 16.5. The highest BCUT2D eigenvalue weighted by molar-refractivity contribution is 7.22. The maximum Gasteiger partial charge on any atom is 0.230 e. The van der Waals surface area contributed by atoms with E-state index in [1.807, 2.05) is 55.5 Å². The number of hydrogen-bond acceptors (Lipinski definition) is 4. The second-order valence-corrected chi connectivity index (χ2v) is 6.98. The van der Waals surface area contributed by atoms with Crippen LogP contribution in [0.25, 0.3) is 21.0 Å². The summed E-state index contributed by atoms with van der Waals surface area (Å²) in [4.78, 5) is 17.0. The Bertz CT molecular complexity index is 1080. The van der Waals surface area contributed by atoms with E-state index in [0.29, 0.717) is 18.2 Å². The fourth-order valence-electron chi connectivity index (χ4n) is 3.00. The van der Waals surface area contributed by atoms with Crippen LogP contribution in [-0.2, 0) is 11.2 Å². The Hall–Kier alpha value is -2.92. The molecule has 1 amide bonds. The lowest BCUT2D eigenvalue weighted by atomic mass is 10.0. The monoisotopic (exact) mass is 362 g/mol. The number of nitrogens with one attached hydrogen (secondary N) is 1. The molecule has 0 aliphatic heterocycles. The minimum Gasteiger partial charge on any atom is -0.494 e. The molecule has 0 saturated carbocycles. The summed E-state index contributed by atoms with van der Waals surface area (Å²) in [6, 6.07) is 19.9. The van der Waals surface area contributed by atoms with E-state index in [1.54, 1.807) is 0 Å². The van der Waals surface area contributed by atoms with Crippen LogP contribution in [0.3, 0.4) is 0 Å². The predicted molar refractivity (Wildman–Crippen MR) is 107 cm³/mol. The van der Waals surface area contributed by atoms with Gasteiger partial charge in [0.25, 0.3) is 0 Å². The second kappa shape index (κ2) is 7.14. The van der Waals surface area contributed by atoms with Gasteiger partial charge in [-0.05, 0) is 41.5 Å². The summed E-state index contributed by atoms with van der Waals surface area (Å²) in [6.45, 7) is 2.58. The molecule has 0 aliphatic carbocycles. The standard InChI is InChI=1S/C21H18N2O2S/c1-2-25-16-10-11-18-19(13-16)26-21(22-18)23-20(24)12-15-8-5-7-14-6-3-4-9-17(14)15/h3-11,13H,2,12H2,1H3,(H,22,23,24). The predicted octanol–water partition coefficient (Wildman–Crippen LogP) is 5.03. The van der Waals surface area contributed by atoms with E-state index >= 15 is 0 Å². The van der Waals surface area contributed by atoms with E-state index in [1.165, 1.54) is 11.3 Å². The second-order valence-electron chi connectivity index (χ2n) is 5.94. The van der Waals surface area contributed by atoms with Crippen LogP contribution in [0, 0.1) is 0 Å². The highest BCUT2D eigenvalue weighted by Gasteiger charge is 2.11. The number of hydrogen-bond donors (Lipinski definition) is 1. The molecule has 1 aromatic heterocycles. The molecule has 0 bridgehead atoms. The van der Waals surface area contributed by atoms with E-state index < -0.39 is 0 Å². The lowest BCUT2D eigenvalue weighted by Gasteiger charge is -2.06. The molecule has 26 heavy (non-hydrogen) atoms. The smallest absolute Gasteiger partial charge is 0.230 e. The van der Waals surface area contributed by atoms with Crippen molar-refractivity contribution in [2.24, 2.45) is 0 Å². The van der Waals surface area contributed by atoms with Gasteiger partial charge in [0.05, 0.1) is 23.2 Å². The van der Waals surface area contributed by atoms with Crippen molar-refractivity contribution < 1.29 is 9.53 Å². The SMILES string of the molecule is CCOc1ccc2nc(NC(=O)Cc3cccc4ccccc34)sc2c1. The van der Waals surface area contributed by atoms with Gasteiger partial charge in [-0.25, -0.2) is 4.98 Å². The van der Waals surface area contributed by atoms with E-state index in [-0.39, 0.29) is 5.91 Å². The highest BCUT2D eigenvalue weighted by Crippen LogP contribution is 2.29. The normalized spacial score (nSPS) is 11.0. The number of anilines is 1. The Morgan fingerprint density at radius 1 is 1.12 bits per heavy atom. The number of rotatable bonds is 5. The van der Waals surface area contributed by atoms with Gasteiger partial charge < -0.3 is 10.1 Å². The molecule has 0 spiro atoms. The molecule has 4 nitrogen and oxygen atoms in total. The number of benzene rings is 3. The molecule has 4 aromatic rings. The van der Waals surface area contributed by atoms with Crippen molar-refractivity contribution >= 4 is 43.4 Å².